The molecule has 2 aliphatic heterocycles. The molecule has 0 saturated carbocycles. The Hall–Kier alpha value is -2.86. The lowest BCUT2D eigenvalue weighted by Crippen LogP contribution is -2.46. The van der Waals surface area contributed by atoms with Gasteiger partial charge in [0.2, 0.25) is 0 Å². The van der Waals surface area contributed by atoms with Gasteiger partial charge >= 0.3 is 0 Å². The number of methoxy groups -OCH3 is 1. The van der Waals surface area contributed by atoms with Gasteiger partial charge in [0.1, 0.15) is 11.9 Å². The first kappa shape index (κ1) is 14.7. The van der Waals surface area contributed by atoms with E-state index in [1.165, 1.54) is 4.90 Å². The molecular formula is C18H16N2O4. The maximum Gasteiger partial charge on any atom is 0.281 e. The SMILES string of the molecule is COc1ccc(C2OC23C(=O)Nc2ccccc2C(=O)N3C)cc1. The van der Waals surface area contributed by atoms with Crippen LogP contribution >= 0.6 is 0 Å². The van der Waals surface area contributed by atoms with E-state index in [4.69, 9.17) is 9.47 Å². The quantitative estimate of drug-likeness (QED) is 0.860. The van der Waals surface area contributed by atoms with Gasteiger partial charge in [-0.15, -0.1) is 0 Å². The molecule has 1 fully saturated rings. The lowest BCUT2D eigenvalue weighted by atomic mass is 10.0. The Kier molecular flexibility index (Phi) is 3.11. The Balaban J connectivity index is 1.71. The van der Waals surface area contributed by atoms with E-state index in [0.29, 0.717) is 11.3 Å². The summed E-state index contributed by atoms with van der Waals surface area (Å²) in [5.74, 6) is 0.125. The second kappa shape index (κ2) is 5.07. The molecule has 0 bridgehead atoms. The third kappa shape index (κ3) is 1.93. The Bertz CT molecular complexity index is 833. The highest BCUT2D eigenvalue weighted by Gasteiger charge is 2.68. The highest BCUT2D eigenvalue weighted by atomic mass is 16.6. The number of hydrogen-bond acceptors (Lipinski definition) is 4. The number of fused-ring (bicyclic) bond motifs is 1. The Morgan fingerprint density at radius 2 is 1.83 bits per heavy atom. The number of nitrogens with zero attached hydrogens (tertiary/aromatic N) is 1. The van der Waals surface area contributed by atoms with Gasteiger partial charge in [-0.2, -0.15) is 0 Å². The van der Waals surface area contributed by atoms with Gasteiger partial charge in [0.25, 0.3) is 17.5 Å². The van der Waals surface area contributed by atoms with Gasteiger partial charge in [0.05, 0.1) is 18.4 Å². The molecule has 4 rings (SSSR count). The molecule has 1 saturated heterocycles. The summed E-state index contributed by atoms with van der Waals surface area (Å²) in [5.41, 5.74) is 0.455. The van der Waals surface area contributed by atoms with E-state index in [0.717, 1.165) is 11.3 Å². The first-order chi connectivity index (χ1) is 11.6. The number of epoxide rings is 1. The van der Waals surface area contributed by atoms with E-state index in [1.54, 1.807) is 50.6 Å². The van der Waals surface area contributed by atoms with Gasteiger partial charge in [-0.05, 0) is 29.8 Å². The average Bonchev–Trinajstić information content (AvgIpc) is 3.38. The van der Waals surface area contributed by atoms with Gasteiger partial charge < -0.3 is 19.7 Å². The van der Waals surface area contributed by atoms with Crippen LogP contribution in [0.3, 0.4) is 0 Å². The first-order valence-corrected chi connectivity index (χ1v) is 7.58. The van der Waals surface area contributed by atoms with E-state index < -0.39 is 11.8 Å². The molecule has 0 aromatic heterocycles. The molecule has 2 heterocycles. The van der Waals surface area contributed by atoms with Crippen molar-refractivity contribution in [1.29, 1.82) is 0 Å². The number of hydrogen-bond donors (Lipinski definition) is 1. The monoisotopic (exact) mass is 324 g/mol. The summed E-state index contributed by atoms with van der Waals surface area (Å²) >= 11 is 0. The van der Waals surface area contributed by atoms with Crippen LogP contribution in [0.15, 0.2) is 48.5 Å². The van der Waals surface area contributed by atoms with Crippen LogP contribution in [0.5, 0.6) is 5.75 Å². The van der Waals surface area contributed by atoms with Crippen molar-refractivity contribution in [3.05, 3.63) is 59.7 Å². The minimum absolute atomic E-state index is 0.250. The zero-order chi connectivity index (χ0) is 16.9. The predicted octanol–water partition coefficient (Wildman–Crippen LogP) is 2.19. The number of likely N-dealkylation sites (N-methyl/N-ethyl adjacent to an activating group) is 1. The van der Waals surface area contributed by atoms with Crippen molar-refractivity contribution in [2.24, 2.45) is 0 Å². The van der Waals surface area contributed by atoms with E-state index in [2.05, 4.69) is 5.32 Å². The number of para-hydroxylation sites is 1. The number of ether oxygens (including phenoxy) is 2. The first-order valence-electron chi connectivity index (χ1n) is 7.58. The van der Waals surface area contributed by atoms with Crippen LogP contribution in [0.2, 0.25) is 0 Å². The molecule has 2 amide bonds. The molecule has 0 aliphatic carbocycles. The molecule has 1 N–H and O–H groups in total. The number of rotatable bonds is 2. The normalized spacial score (nSPS) is 25.1. The maximum atomic E-state index is 12.8. The largest absolute Gasteiger partial charge is 0.497 e. The molecule has 6 heteroatoms. The Morgan fingerprint density at radius 1 is 1.12 bits per heavy atom. The molecule has 6 nitrogen and oxygen atoms in total. The second-order valence-corrected chi connectivity index (χ2v) is 5.83. The summed E-state index contributed by atoms with van der Waals surface area (Å²) in [6, 6.07) is 14.2. The number of anilines is 1. The number of amides is 2. The molecular weight excluding hydrogens is 308 g/mol. The van der Waals surface area contributed by atoms with Crippen LogP contribution in [-0.4, -0.2) is 36.6 Å². The van der Waals surface area contributed by atoms with E-state index in [-0.39, 0.29) is 11.8 Å². The predicted molar refractivity (Wildman–Crippen MR) is 86.7 cm³/mol. The molecule has 2 aromatic rings. The van der Waals surface area contributed by atoms with Crippen molar-refractivity contribution in [3.63, 3.8) is 0 Å². The number of carbonyl (C=O) groups is 2. The fraction of sp³-hybridized carbons (Fsp3) is 0.222. The molecule has 1 spiro atoms. The highest BCUT2D eigenvalue weighted by molar-refractivity contribution is 6.12. The third-order valence-electron chi connectivity index (χ3n) is 4.55. The lowest BCUT2D eigenvalue weighted by molar-refractivity contribution is -0.125. The molecule has 122 valence electrons. The van der Waals surface area contributed by atoms with Crippen molar-refractivity contribution >= 4 is 17.5 Å². The number of nitrogens with one attached hydrogen (secondary N) is 1. The summed E-state index contributed by atoms with van der Waals surface area (Å²) in [7, 11) is 3.18. The van der Waals surface area contributed by atoms with Crippen molar-refractivity contribution < 1.29 is 19.1 Å². The van der Waals surface area contributed by atoms with Gasteiger partial charge in [0, 0.05) is 7.05 Å². The topological polar surface area (TPSA) is 71.2 Å². The van der Waals surface area contributed by atoms with Crippen LogP contribution in [-0.2, 0) is 9.53 Å². The van der Waals surface area contributed by atoms with Gasteiger partial charge in [-0.25, -0.2) is 0 Å². The highest BCUT2D eigenvalue weighted by Crippen LogP contribution is 2.53. The summed E-state index contributed by atoms with van der Waals surface area (Å²) < 4.78 is 10.9. The molecule has 2 aliphatic rings. The Labute approximate surface area is 139 Å². The lowest BCUT2D eigenvalue weighted by Gasteiger charge is -2.21. The van der Waals surface area contributed by atoms with Gasteiger partial charge in [0.15, 0.2) is 0 Å². The van der Waals surface area contributed by atoms with Crippen LogP contribution in [0.4, 0.5) is 5.69 Å². The molecule has 2 atom stereocenters. The minimum atomic E-state index is -1.31. The maximum absolute atomic E-state index is 12.8. The molecule has 24 heavy (non-hydrogen) atoms. The van der Waals surface area contributed by atoms with Crippen molar-refractivity contribution in [3.8, 4) is 5.75 Å². The van der Waals surface area contributed by atoms with Crippen LogP contribution < -0.4 is 10.1 Å². The third-order valence-corrected chi connectivity index (χ3v) is 4.55. The molecule has 2 unspecified atom stereocenters. The van der Waals surface area contributed by atoms with Crippen LogP contribution in [0.25, 0.3) is 0 Å². The van der Waals surface area contributed by atoms with Crippen molar-refractivity contribution in [2.45, 2.75) is 11.8 Å². The zero-order valence-corrected chi connectivity index (χ0v) is 13.3. The van der Waals surface area contributed by atoms with Crippen LogP contribution in [0.1, 0.15) is 22.0 Å². The minimum Gasteiger partial charge on any atom is -0.497 e. The molecule has 2 aromatic carbocycles. The Morgan fingerprint density at radius 3 is 2.54 bits per heavy atom. The summed E-state index contributed by atoms with van der Waals surface area (Å²) in [6.07, 6.45) is -0.508. The number of carbonyl (C=O) groups excluding carboxylic acids is 2. The van der Waals surface area contributed by atoms with Crippen LogP contribution in [0, 0.1) is 0 Å². The zero-order valence-electron chi connectivity index (χ0n) is 13.3. The standard InChI is InChI=1S/C18H16N2O4/c1-20-16(21)13-5-3-4-6-14(13)19-17(22)18(20)15(24-18)11-7-9-12(23-2)10-8-11/h3-10,15H,1-2H3,(H,19,22). The molecule has 0 radical (unpaired) electrons. The number of benzene rings is 2. The van der Waals surface area contributed by atoms with Crippen molar-refractivity contribution in [1.82, 2.24) is 4.90 Å². The van der Waals surface area contributed by atoms with E-state index in [1.807, 2.05) is 12.1 Å². The summed E-state index contributed by atoms with van der Waals surface area (Å²) in [4.78, 5) is 26.9. The summed E-state index contributed by atoms with van der Waals surface area (Å²) in [5, 5.41) is 2.81. The van der Waals surface area contributed by atoms with Gasteiger partial charge in [-0.1, -0.05) is 24.3 Å². The second-order valence-electron chi connectivity index (χ2n) is 5.83. The fourth-order valence-electron chi connectivity index (χ4n) is 3.12. The van der Waals surface area contributed by atoms with Crippen molar-refractivity contribution in [2.75, 3.05) is 19.5 Å². The smallest absolute Gasteiger partial charge is 0.281 e. The average molecular weight is 324 g/mol. The van der Waals surface area contributed by atoms with Gasteiger partial charge in [-0.3, -0.25) is 9.59 Å². The summed E-state index contributed by atoms with van der Waals surface area (Å²) in [6.45, 7) is 0. The van der Waals surface area contributed by atoms with E-state index in [9.17, 15) is 9.59 Å². The fourth-order valence-corrected chi connectivity index (χ4v) is 3.12. The van der Waals surface area contributed by atoms with E-state index >= 15 is 0 Å².